The van der Waals surface area contributed by atoms with Crippen LogP contribution in [-0.4, -0.2) is 37.9 Å². The van der Waals surface area contributed by atoms with E-state index in [0.29, 0.717) is 28.7 Å². The third-order valence-corrected chi connectivity index (χ3v) is 4.55. The van der Waals surface area contributed by atoms with Crippen LogP contribution in [0.3, 0.4) is 0 Å². The standard InChI is InChI=1S/C14H17N3O4S2.ClH/c1-23(19,20)6-5-21-11-4-2-3-10(7-11)16-14(18)12-9-22-13(8-15)17-12;/h2-4,7,9H,5-6,8,15H2,1H3,(H,16,18);1H. The van der Waals surface area contributed by atoms with Gasteiger partial charge in [-0.25, -0.2) is 13.4 Å². The zero-order valence-corrected chi connectivity index (χ0v) is 15.3. The second kappa shape index (κ2) is 8.97. The third kappa shape index (κ3) is 6.44. The van der Waals surface area contributed by atoms with Gasteiger partial charge in [-0.3, -0.25) is 4.79 Å². The molecule has 0 fully saturated rings. The zero-order valence-electron chi connectivity index (χ0n) is 12.9. The maximum Gasteiger partial charge on any atom is 0.275 e. The molecule has 1 aromatic carbocycles. The highest BCUT2D eigenvalue weighted by atomic mass is 35.5. The molecule has 0 saturated carbocycles. The smallest absolute Gasteiger partial charge is 0.275 e. The molecule has 0 bridgehead atoms. The van der Waals surface area contributed by atoms with Gasteiger partial charge in [-0.15, -0.1) is 23.7 Å². The van der Waals surface area contributed by atoms with Crippen LogP contribution in [-0.2, 0) is 16.4 Å². The molecule has 0 aliphatic carbocycles. The van der Waals surface area contributed by atoms with E-state index in [1.165, 1.54) is 11.3 Å². The molecular formula is C14H18ClN3O4S2. The van der Waals surface area contributed by atoms with Crippen molar-refractivity contribution in [2.75, 3.05) is 23.9 Å². The molecule has 1 aromatic heterocycles. The van der Waals surface area contributed by atoms with E-state index in [4.69, 9.17) is 10.5 Å². The second-order valence-corrected chi connectivity index (χ2v) is 7.99. The quantitative estimate of drug-likeness (QED) is 0.743. The lowest BCUT2D eigenvalue weighted by atomic mass is 10.3. The monoisotopic (exact) mass is 391 g/mol. The molecule has 0 atom stereocenters. The van der Waals surface area contributed by atoms with Gasteiger partial charge in [0.2, 0.25) is 0 Å². The molecule has 24 heavy (non-hydrogen) atoms. The molecule has 1 amide bonds. The normalized spacial score (nSPS) is 10.8. The number of hydrogen-bond donors (Lipinski definition) is 2. The minimum Gasteiger partial charge on any atom is -0.492 e. The van der Waals surface area contributed by atoms with Crippen molar-refractivity contribution in [2.24, 2.45) is 5.73 Å². The fourth-order valence-corrected chi connectivity index (χ4v) is 2.72. The fraction of sp³-hybridized carbons (Fsp3) is 0.286. The lowest BCUT2D eigenvalue weighted by Crippen LogP contribution is -2.14. The fourth-order valence-electron chi connectivity index (χ4n) is 1.68. The van der Waals surface area contributed by atoms with Crippen LogP contribution >= 0.6 is 23.7 Å². The Hall–Kier alpha value is -1.68. The summed E-state index contributed by atoms with van der Waals surface area (Å²) in [6.07, 6.45) is 1.15. The average Bonchev–Trinajstić information content (AvgIpc) is 2.95. The van der Waals surface area contributed by atoms with Crippen LogP contribution in [0.5, 0.6) is 5.75 Å². The highest BCUT2D eigenvalue weighted by molar-refractivity contribution is 7.90. The van der Waals surface area contributed by atoms with Crippen molar-refractivity contribution in [1.82, 2.24) is 4.98 Å². The van der Waals surface area contributed by atoms with E-state index >= 15 is 0 Å². The van der Waals surface area contributed by atoms with Gasteiger partial charge < -0.3 is 15.8 Å². The van der Waals surface area contributed by atoms with Crippen LogP contribution in [0.2, 0.25) is 0 Å². The maximum absolute atomic E-state index is 12.1. The van der Waals surface area contributed by atoms with E-state index in [2.05, 4.69) is 10.3 Å². The van der Waals surface area contributed by atoms with E-state index in [1.54, 1.807) is 29.6 Å². The molecule has 0 spiro atoms. The van der Waals surface area contributed by atoms with Crippen molar-refractivity contribution in [1.29, 1.82) is 0 Å². The molecule has 10 heteroatoms. The molecular weight excluding hydrogens is 374 g/mol. The Labute approximate surface area is 150 Å². The van der Waals surface area contributed by atoms with Crippen LogP contribution in [0.25, 0.3) is 0 Å². The van der Waals surface area contributed by atoms with Crippen molar-refractivity contribution < 1.29 is 17.9 Å². The summed E-state index contributed by atoms with van der Waals surface area (Å²) in [5.41, 5.74) is 6.31. The first-order valence-electron chi connectivity index (χ1n) is 6.74. The topological polar surface area (TPSA) is 111 Å². The lowest BCUT2D eigenvalue weighted by Gasteiger charge is -2.08. The number of halogens is 1. The van der Waals surface area contributed by atoms with Gasteiger partial charge in [-0.05, 0) is 12.1 Å². The van der Waals surface area contributed by atoms with Crippen molar-refractivity contribution in [2.45, 2.75) is 6.54 Å². The van der Waals surface area contributed by atoms with Crippen LogP contribution in [0, 0.1) is 0 Å². The Kier molecular flexibility index (Phi) is 7.61. The summed E-state index contributed by atoms with van der Waals surface area (Å²) in [6, 6.07) is 6.72. The summed E-state index contributed by atoms with van der Waals surface area (Å²) in [4.78, 5) is 16.2. The number of anilines is 1. The summed E-state index contributed by atoms with van der Waals surface area (Å²) in [7, 11) is -3.07. The molecule has 0 aliphatic rings. The molecule has 0 aliphatic heterocycles. The minimum absolute atomic E-state index is 0. The molecule has 3 N–H and O–H groups in total. The molecule has 0 unspecified atom stereocenters. The third-order valence-electron chi connectivity index (χ3n) is 2.77. The minimum atomic E-state index is -3.07. The number of nitrogens with one attached hydrogen (secondary N) is 1. The number of carbonyl (C=O) groups is 1. The Morgan fingerprint density at radius 2 is 2.17 bits per heavy atom. The second-order valence-electron chi connectivity index (χ2n) is 4.79. The molecule has 0 saturated heterocycles. The maximum atomic E-state index is 12.1. The number of rotatable bonds is 7. The van der Waals surface area contributed by atoms with Gasteiger partial charge in [-0.2, -0.15) is 0 Å². The van der Waals surface area contributed by atoms with E-state index < -0.39 is 9.84 Å². The summed E-state index contributed by atoms with van der Waals surface area (Å²) in [5.74, 6) is 0.0752. The number of amides is 1. The first-order valence-corrected chi connectivity index (χ1v) is 9.68. The van der Waals surface area contributed by atoms with E-state index in [0.717, 1.165) is 6.26 Å². The number of ether oxygens (including phenoxy) is 1. The first-order chi connectivity index (χ1) is 10.9. The number of benzene rings is 1. The van der Waals surface area contributed by atoms with Crippen molar-refractivity contribution >= 4 is 45.2 Å². The number of thiazole rings is 1. The Bertz CT molecular complexity index is 793. The van der Waals surface area contributed by atoms with Crippen molar-refractivity contribution in [3.05, 3.63) is 40.3 Å². The Morgan fingerprint density at radius 1 is 1.42 bits per heavy atom. The average molecular weight is 392 g/mol. The van der Waals surface area contributed by atoms with Gasteiger partial charge in [0.1, 0.15) is 23.1 Å². The van der Waals surface area contributed by atoms with Crippen molar-refractivity contribution in [3.63, 3.8) is 0 Å². The molecule has 2 rings (SSSR count). The van der Waals surface area contributed by atoms with Gasteiger partial charge in [0.25, 0.3) is 5.91 Å². The number of hydrogen-bond acceptors (Lipinski definition) is 7. The predicted molar refractivity (Wildman–Crippen MR) is 96.9 cm³/mol. The van der Waals surface area contributed by atoms with Crippen LogP contribution in [0.4, 0.5) is 5.69 Å². The molecule has 0 radical (unpaired) electrons. The van der Waals surface area contributed by atoms with E-state index in [-0.39, 0.29) is 30.7 Å². The molecule has 1 heterocycles. The Balaban J connectivity index is 0.00000288. The Morgan fingerprint density at radius 3 is 2.79 bits per heavy atom. The van der Waals surface area contributed by atoms with Crippen LogP contribution in [0.1, 0.15) is 15.5 Å². The van der Waals surface area contributed by atoms with E-state index in [1.807, 2.05) is 0 Å². The SMILES string of the molecule is CS(=O)(=O)CCOc1cccc(NC(=O)c2csc(CN)n2)c1.Cl. The number of sulfone groups is 1. The molecule has 2 aromatic rings. The summed E-state index contributed by atoms with van der Waals surface area (Å²) in [5, 5.41) is 5.04. The number of carbonyl (C=O) groups excluding carboxylic acids is 1. The number of aromatic nitrogens is 1. The zero-order chi connectivity index (χ0) is 16.9. The highest BCUT2D eigenvalue weighted by Crippen LogP contribution is 2.18. The first kappa shape index (κ1) is 20.4. The lowest BCUT2D eigenvalue weighted by molar-refractivity contribution is 0.102. The summed E-state index contributed by atoms with van der Waals surface area (Å²) < 4.78 is 27.5. The van der Waals surface area contributed by atoms with Crippen LogP contribution < -0.4 is 15.8 Å². The number of nitrogens with two attached hydrogens (primary N) is 1. The van der Waals surface area contributed by atoms with E-state index in [9.17, 15) is 13.2 Å². The predicted octanol–water partition coefficient (Wildman–Crippen LogP) is 1.70. The summed E-state index contributed by atoms with van der Waals surface area (Å²) in [6.45, 7) is 0.351. The van der Waals surface area contributed by atoms with Gasteiger partial charge in [-0.1, -0.05) is 6.07 Å². The van der Waals surface area contributed by atoms with Gasteiger partial charge in [0.15, 0.2) is 9.84 Å². The molecule has 132 valence electrons. The molecule has 7 nitrogen and oxygen atoms in total. The van der Waals surface area contributed by atoms with Gasteiger partial charge in [0.05, 0.1) is 5.75 Å². The van der Waals surface area contributed by atoms with Crippen molar-refractivity contribution in [3.8, 4) is 5.75 Å². The van der Waals surface area contributed by atoms with Crippen LogP contribution in [0.15, 0.2) is 29.6 Å². The van der Waals surface area contributed by atoms with Gasteiger partial charge in [0, 0.05) is 29.9 Å². The largest absolute Gasteiger partial charge is 0.492 e. The van der Waals surface area contributed by atoms with Gasteiger partial charge >= 0.3 is 0 Å². The summed E-state index contributed by atoms with van der Waals surface area (Å²) >= 11 is 1.33. The number of nitrogens with zero attached hydrogens (tertiary/aromatic N) is 1. The highest BCUT2D eigenvalue weighted by Gasteiger charge is 2.11.